The molecule has 1 fully saturated rings. The number of carbonyl (C=O) groups is 2. The fraction of sp³-hybridized carbons (Fsp3) is 0.300. The van der Waals surface area contributed by atoms with Crippen molar-refractivity contribution in [2.75, 3.05) is 11.9 Å². The Kier molecular flexibility index (Phi) is 5.32. The number of Topliss-reactive ketones (excluding diaryl/α,β-unsaturated/α-hetero) is 1. The number of nitrogens with zero attached hydrogens (tertiary/aromatic N) is 1. The van der Waals surface area contributed by atoms with Gasteiger partial charge in [-0.15, -0.1) is 0 Å². The summed E-state index contributed by atoms with van der Waals surface area (Å²) in [5.41, 5.74) is 1.61. The van der Waals surface area contributed by atoms with Crippen LogP contribution in [0.25, 0.3) is 0 Å². The second-order valence-corrected chi connectivity index (χ2v) is 6.52. The number of hydrogen-bond donors (Lipinski definition) is 2. The SMILES string of the molecule is CC(=O)c1cccc(NC(=O)N(C[C@H](O)c2ccc(F)cc2)C2CC2)c1. The minimum absolute atomic E-state index is 0.0770. The van der Waals surface area contributed by atoms with Crippen molar-refractivity contribution in [2.45, 2.75) is 31.9 Å². The predicted octanol–water partition coefficient (Wildman–Crippen LogP) is 3.76. The molecule has 2 amide bonds. The Labute approximate surface area is 151 Å². The summed E-state index contributed by atoms with van der Waals surface area (Å²) in [6.07, 6.45) is 0.874. The highest BCUT2D eigenvalue weighted by molar-refractivity contribution is 5.96. The van der Waals surface area contributed by atoms with Gasteiger partial charge in [-0.25, -0.2) is 9.18 Å². The summed E-state index contributed by atoms with van der Waals surface area (Å²) in [5.74, 6) is -0.449. The molecule has 0 radical (unpaired) electrons. The number of urea groups is 1. The van der Waals surface area contributed by atoms with Crippen LogP contribution in [0.3, 0.4) is 0 Å². The zero-order valence-corrected chi connectivity index (χ0v) is 14.5. The number of anilines is 1. The molecule has 0 bridgehead atoms. The molecule has 1 saturated carbocycles. The average molecular weight is 356 g/mol. The van der Waals surface area contributed by atoms with Crippen molar-refractivity contribution in [3.05, 3.63) is 65.5 Å². The maximum Gasteiger partial charge on any atom is 0.322 e. The Morgan fingerprint density at radius 3 is 2.54 bits per heavy atom. The highest BCUT2D eigenvalue weighted by Crippen LogP contribution is 2.29. The fourth-order valence-corrected chi connectivity index (χ4v) is 2.77. The van der Waals surface area contributed by atoms with E-state index >= 15 is 0 Å². The van der Waals surface area contributed by atoms with E-state index in [1.807, 2.05) is 0 Å². The molecule has 1 atom stereocenters. The van der Waals surface area contributed by atoms with Crippen LogP contribution in [0, 0.1) is 5.82 Å². The van der Waals surface area contributed by atoms with E-state index in [1.165, 1.54) is 31.2 Å². The molecule has 0 spiro atoms. The summed E-state index contributed by atoms with van der Waals surface area (Å²) in [5, 5.41) is 13.2. The highest BCUT2D eigenvalue weighted by atomic mass is 19.1. The van der Waals surface area contributed by atoms with Gasteiger partial charge in [0.1, 0.15) is 5.82 Å². The lowest BCUT2D eigenvalue weighted by Gasteiger charge is -2.26. The van der Waals surface area contributed by atoms with E-state index in [9.17, 15) is 19.1 Å². The second kappa shape index (κ2) is 7.66. The Bertz CT molecular complexity index is 803. The molecule has 136 valence electrons. The van der Waals surface area contributed by atoms with Gasteiger partial charge in [0.2, 0.25) is 0 Å². The molecular weight excluding hydrogens is 335 g/mol. The average Bonchev–Trinajstić information content (AvgIpc) is 3.45. The van der Waals surface area contributed by atoms with Gasteiger partial charge in [-0.1, -0.05) is 24.3 Å². The number of rotatable bonds is 6. The monoisotopic (exact) mass is 356 g/mol. The van der Waals surface area contributed by atoms with Crippen LogP contribution < -0.4 is 5.32 Å². The van der Waals surface area contributed by atoms with Crippen molar-refractivity contribution >= 4 is 17.5 Å². The third-order valence-electron chi connectivity index (χ3n) is 4.39. The highest BCUT2D eigenvalue weighted by Gasteiger charge is 2.34. The number of aliphatic hydroxyl groups excluding tert-OH is 1. The molecule has 2 aromatic carbocycles. The summed E-state index contributed by atoms with van der Waals surface area (Å²) < 4.78 is 13.0. The van der Waals surface area contributed by atoms with Gasteiger partial charge in [-0.2, -0.15) is 0 Å². The molecular formula is C20H21FN2O3. The lowest BCUT2D eigenvalue weighted by Crippen LogP contribution is -2.39. The largest absolute Gasteiger partial charge is 0.387 e. The standard InChI is InChI=1S/C20H21FN2O3/c1-13(24)15-3-2-4-17(11-15)22-20(26)23(18-9-10-18)12-19(25)14-5-7-16(21)8-6-14/h2-8,11,18-19,25H,9-10,12H2,1H3,(H,22,26)/t19-/m0/s1. The van der Waals surface area contributed by atoms with Crippen molar-refractivity contribution in [3.8, 4) is 0 Å². The molecule has 26 heavy (non-hydrogen) atoms. The van der Waals surface area contributed by atoms with Crippen LogP contribution in [0.15, 0.2) is 48.5 Å². The first-order valence-corrected chi connectivity index (χ1v) is 8.56. The van der Waals surface area contributed by atoms with Gasteiger partial charge in [-0.3, -0.25) is 4.79 Å². The van der Waals surface area contributed by atoms with Crippen LogP contribution in [0.2, 0.25) is 0 Å². The molecule has 2 N–H and O–H groups in total. The third kappa shape index (κ3) is 4.46. The minimum Gasteiger partial charge on any atom is -0.387 e. The first-order valence-electron chi connectivity index (χ1n) is 8.56. The summed E-state index contributed by atoms with van der Waals surface area (Å²) >= 11 is 0. The van der Waals surface area contributed by atoms with E-state index in [1.54, 1.807) is 29.2 Å². The van der Waals surface area contributed by atoms with Crippen molar-refractivity contribution in [3.63, 3.8) is 0 Å². The first-order chi connectivity index (χ1) is 12.4. The van der Waals surface area contributed by atoms with Crippen LogP contribution in [-0.4, -0.2) is 34.4 Å². The van der Waals surface area contributed by atoms with E-state index in [0.29, 0.717) is 16.8 Å². The number of aliphatic hydroxyl groups is 1. The lowest BCUT2D eigenvalue weighted by atomic mass is 10.1. The normalized spacial score (nSPS) is 14.6. The molecule has 1 aliphatic carbocycles. The van der Waals surface area contributed by atoms with E-state index in [-0.39, 0.29) is 30.2 Å². The van der Waals surface area contributed by atoms with Gasteiger partial charge >= 0.3 is 6.03 Å². The Morgan fingerprint density at radius 1 is 1.23 bits per heavy atom. The van der Waals surface area contributed by atoms with Crippen LogP contribution in [0.5, 0.6) is 0 Å². The quantitative estimate of drug-likeness (QED) is 0.775. The number of hydrogen-bond acceptors (Lipinski definition) is 3. The van der Waals surface area contributed by atoms with Crippen LogP contribution in [0.4, 0.5) is 14.9 Å². The minimum atomic E-state index is -0.898. The molecule has 6 heteroatoms. The zero-order valence-electron chi connectivity index (χ0n) is 14.5. The van der Waals surface area contributed by atoms with Crippen molar-refractivity contribution in [1.82, 2.24) is 4.90 Å². The van der Waals surface area contributed by atoms with E-state index < -0.39 is 6.10 Å². The molecule has 3 rings (SSSR count). The molecule has 0 aromatic heterocycles. The van der Waals surface area contributed by atoms with E-state index in [2.05, 4.69) is 5.32 Å². The van der Waals surface area contributed by atoms with E-state index in [0.717, 1.165) is 12.8 Å². The van der Waals surface area contributed by atoms with Crippen LogP contribution in [0.1, 0.15) is 41.8 Å². The van der Waals surface area contributed by atoms with Crippen LogP contribution >= 0.6 is 0 Å². The molecule has 2 aromatic rings. The number of nitrogens with one attached hydrogen (secondary N) is 1. The van der Waals surface area contributed by atoms with Gasteiger partial charge in [-0.05, 0) is 49.6 Å². The molecule has 0 unspecified atom stereocenters. The topological polar surface area (TPSA) is 69.6 Å². The molecule has 0 aliphatic heterocycles. The number of benzene rings is 2. The Morgan fingerprint density at radius 2 is 1.92 bits per heavy atom. The van der Waals surface area contributed by atoms with Gasteiger partial charge in [0.05, 0.1) is 12.6 Å². The summed E-state index contributed by atoms with van der Waals surface area (Å²) in [6, 6.07) is 12.1. The van der Waals surface area contributed by atoms with Gasteiger partial charge in [0, 0.05) is 17.3 Å². The first kappa shape index (κ1) is 18.1. The summed E-state index contributed by atoms with van der Waals surface area (Å²) in [4.78, 5) is 25.7. The molecule has 5 nitrogen and oxygen atoms in total. The Hall–Kier alpha value is -2.73. The van der Waals surface area contributed by atoms with Crippen molar-refractivity contribution in [1.29, 1.82) is 0 Å². The van der Waals surface area contributed by atoms with Crippen molar-refractivity contribution < 1.29 is 19.1 Å². The summed E-state index contributed by atoms with van der Waals surface area (Å²) in [7, 11) is 0. The van der Waals surface area contributed by atoms with Gasteiger partial charge in [0.25, 0.3) is 0 Å². The molecule has 1 aliphatic rings. The van der Waals surface area contributed by atoms with Gasteiger partial charge in [0.15, 0.2) is 5.78 Å². The van der Waals surface area contributed by atoms with E-state index in [4.69, 9.17) is 0 Å². The lowest BCUT2D eigenvalue weighted by molar-refractivity contribution is 0.101. The fourth-order valence-electron chi connectivity index (χ4n) is 2.77. The second-order valence-electron chi connectivity index (χ2n) is 6.52. The predicted molar refractivity (Wildman–Crippen MR) is 96.6 cm³/mol. The number of carbonyl (C=O) groups excluding carboxylic acids is 2. The van der Waals surface area contributed by atoms with Crippen LogP contribution in [-0.2, 0) is 0 Å². The number of amides is 2. The molecule has 0 saturated heterocycles. The smallest absolute Gasteiger partial charge is 0.322 e. The third-order valence-corrected chi connectivity index (χ3v) is 4.39. The molecule has 0 heterocycles. The van der Waals surface area contributed by atoms with Gasteiger partial charge < -0.3 is 15.3 Å². The Balaban J connectivity index is 1.69. The summed E-state index contributed by atoms with van der Waals surface area (Å²) in [6.45, 7) is 1.59. The number of halogens is 1. The number of ketones is 1. The zero-order chi connectivity index (χ0) is 18.7. The maximum absolute atomic E-state index is 13.0. The maximum atomic E-state index is 13.0. The van der Waals surface area contributed by atoms with Crippen molar-refractivity contribution in [2.24, 2.45) is 0 Å².